The molecule has 0 atom stereocenters. The van der Waals surface area contributed by atoms with Crippen LogP contribution in [0.4, 0.5) is 0 Å². The van der Waals surface area contributed by atoms with Crippen molar-refractivity contribution in [1.82, 2.24) is 14.8 Å². The number of aromatic amines is 1. The highest BCUT2D eigenvalue weighted by Crippen LogP contribution is 2.23. The van der Waals surface area contributed by atoms with E-state index in [1.807, 2.05) is 16.7 Å². The van der Waals surface area contributed by atoms with Crippen molar-refractivity contribution in [3.63, 3.8) is 0 Å². The van der Waals surface area contributed by atoms with Crippen molar-refractivity contribution in [3.05, 3.63) is 28.2 Å². The Balaban J connectivity index is 1.59. The molecule has 0 aromatic carbocycles. The number of piperazine rings is 1. The second-order valence-corrected chi connectivity index (χ2v) is 7.18. The van der Waals surface area contributed by atoms with Crippen LogP contribution >= 0.6 is 11.8 Å². The maximum Gasteiger partial charge on any atom is 0.270 e. The molecule has 1 aromatic rings. The van der Waals surface area contributed by atoms with Crippen molar-refractivity contribution in [2.45, 2.75) is 18.9 Å². The van der Waals surface area contributed by atoms with Crippen molar-refractivity contribution in [2.24, 2.45) is 0 Å². The first kappa shape index (κ1) is 16.4. The molecule has 7 heteroatoms. The Morgan fingerprint density at radius 2 is 1.96 bits per heavy atom. The van der Waals surface area contributed by atoms with Gasteiger partial charge in [0.05, 0.1) is 7.11 Å². The van der Waals surface area contributed by atoms with Crippen LogP contribution < -0.4 is 10.2 Å². The van der Waals surface area contributed by atoms with E-state index in [0.29, 0.717) is 11.7 Å². The molecule has 0 aliphatic carbocycles. The third kappa shape index (κ3) is 3.72. The predicted molar refractivity (Wildman–Crippen MR) is 91.4 cm³/mol. The lowest BCUT2D eigenvalue weighted by atomic mass is 10.1. The Kier molecular flexibility index (Phi) is 5.27. The molecule has 1 aromatic heterocycles. The summed E-state index contributed by atoms with van der Waals surface area (Å²) in [6, 6.07) is 2.00. The van der Waals surface area contributed by atoms with Crippen molar-refractivity contribution in [2.75, 3.05) is 44.8 Å². The van der Waals surface area contributed by atoms with E-state index in [1.165, 1.54) is 43.7 Å². The average molecular weight is 337 g/mol. The van der Waals surface area contributed by atoms with Gasteiger partial charge < -0.3 is 14.6 Å². The normalized spacial score (nSPS) is 20.5. The first-order chi connectivity index (χ1) is 11.2. The summed E-state index contributed by atoms with van der Waals surface area (Å²) in [6.45, 7) is 3.27. The van der Waals surface area contributed by atoms with Crippen molar-refractivity contribution >= 4 is 17.7 Å². The van der Waals surface area contributed by atoms with Gasteiger partial charge in [0.1, 0.15) is 5.69 Å². The number of rotatable bonds is 3. The van der Waals surface area contributed by atoms with Gasteiger partial charge in [0.25, 0.3) is 5.91 Å². The molecule has 0 spiro atoms. The number of carbonyl (C=O) groups excluding carboxylic acids is 1. The van der Waals surface area contributed by atoms with Gasteiger partial charge in [-0.3, -0.25) is 14.5 Å². The molecule has 1 N–H and O–H groups in total. The Hall–Kier alpha value is -1.47. The van der Waals surface area contributed by atoms with Crippen LogP contribution in [0.25, 0.3) is 0 Å². The minimum absolute atomic E-state index is 0.108. The molecule has 23 heavy (non-hydrogen) atoms. The van der Waals surface area contributed by atoms with Gasteiger partial charge in [-0.2, -0.15) is 11.8 Å². The third-order valence-electron chi connectivity index (χ3n) is 4.64. The van der Waals surface area contributed by atoms with Gasteiger partial charge in [0.15, 0.2) is 5.75 Å². The van der Waals surface area contributed by atoms with E-state index in [4.69, 9.17) is 4.74 Å². The van der Waals surface area contributed by atoms with Gasteiger partial charge in [-0.1, -0.05) is 0 Å². The van der Waals surface area contributed by atoms with Crippen molar-refractivity contribution in [3.8, 4) is 5.75 Å². The number of thioether (sulfide) groups is 1. The summed E-state index contributed by atoms with van der Waals surface area (Å²) in [5, 5.41) is 0. The molecule has 3 rings (SSSR count). The topological polar surface area (TPSA) is 65.6 Å². The fraction of sp³-hybridized carbons (Fsp3) is 0.625. The molecule has 0 saturated carbocycles. The minimum atomic E-state index is -0.270. The molecular formula is C16H23N3O3S. The number of hydrogen-bond acceptors (Lipinski definition) is 5. The Labute approximate surface area is 140 Å². The third-order valence-corrected chi connectivity index (χ3v) is 5.68. The molecule has 2 aliphatic heterocycles. The molecule has 2 saturated heterocycles. The van der Waals surface area contributed by atoms with E-state index in [9.17, 15) is 9.59 Å². The number of pyridine rings is 1. The average Bonchev–Trinajstić information content (AvgIpc) is 2.62. The van der Waals surface area contributed by atoms with Crippen LogP contribution in [0.3, 0.4) is 0 Å². The second-order valence-electron chi connectivity index (χ2n) is 5.95. The fourth-order valence-corrected chi connectivity index (χ4v) is 4.33. The fourth-order valence-electron chi connectivity index (χ4n) is 3.25. The van der Waals surface area contributed by atoms with Crippen LogP contribution in [0, 0.1) is 0 Å². The lowest BCUT2D eigenvalue weighted by Crippen LogP contribution is -2.52. The van der Waals surface area contributed by atoms with Crippen LogP contribution in [-0.4, -0.2) is 71.5 Å². The second kappa shape index (κ2) is 7.40. The van der Waals surface area contributed by atoms with Crippen LogP contribution in [0.5, 0.6) is 5.75 Å². The molecule has 2 aliphatic rings. The molecular weight excluding hydrogens is 314 g/mol. The minimum Gasteiger partial charge on any atom is -0.491 e. The number of methoxy groups -OCH3 is 1. The molecule has 126 valence electrons. The quantitative estimate of drug-likeness (QED) is 0.893. The van der Waals surface area contributed by atoms with Gasteiger partial charge >= 0.3 is 0 Å². The van der Waals surface area contributed by atoms with E-state index in [1.54, 1.807) is 0 Å². The van der Waals surface area contributed by atoms with E-state index >= 15 is 0 Å². The summed E-state index contributed by atoms with van der Waals surface area (Å²) in [4.78, 5) is 31.5. The van der Waals surface area contributed by atoms with E-state index in [2.05, 4.69) is 9.88 Å². The van der Waals surface area contributed by atoms with Crippen molar-refractivity contribution < 1.29 is 9.53 Å². The molecule has 0 bridgehead atoms. The standard InChI is InChI=1S/C16H23N3O3S/c1-22-15-11-17-13(10-14(15)20)16(21)19-6-4-18(5-7-19)12-2-8-23-9-3-12/h10-12H,2-9H2,1H3,(H,17,20). The number of aromatic nitrogens is 1. The van der Waals surface area contributed by atoms with Gasteiger partial charge in [0, 0.05) is 44.5 Å². The van der Waals surface area contributed by atoms with Crippen LogP contribution in [-0.2, 0) is 0 Å². The summed E-state index contributed by atoms with van der Waals surface area (Å²) in [5.74, 6) is 2.61. The molecule has 0 unspecified atom stereocenters. The van der Waals surface area contributed by atoms with Gasteiger partial charge in [-0.05, 0) is 24.3 Å². The van der Waals surface area contributed by atoms with Crippen LogP contribution in [0.2, 0.25) is 0 Å². The lowest BCUT2D eigenvalue weighted by molar-refractivity contribution is 0.0554. The number of nitrogens with one attached hydrogen (secondary N) is 1. The molecule has 6 nitrogen and oxygen atoms in total. The monoisotopic (exact) mass is 337 g/mol. The number of carbonyl (C=O) groups is 1. The highest BCUT2D eigenvalue weighted by Gasteiger charge is 2.28. The number of H-pyrrole nitrogens is 1. The summed E-state index contributed by atoms with van der Waals surface area (Å²) < 4.78 is 4.93. The summed E-state index contributed by atoms with van der Waals surface area (Å²) >= 11 is 2.03. The Morgan fingerprint density at radius 3 is 2.57 bits per heavy atom. The van der Waals surface area contributed by atoms with E-state index in [0.717, 1.165) is 26.2 Å². The van der Waals surface area contributed by atoms with Gasteiger partial charge in [-0.15, -0.1) is 0 Å². The Bertz CT molecular complexity index is 605. The summed E-state index contributed by atoms with van der Waals surface area (Å²) in [7, 11) is 1.44. The molecule has 1 amide bonds. The van der Waals surface area contributed by atoms with E-state index in [-0.39, 0.29) is 17.1 Å². The summed E-state index contributed by atoms with van der Waals surface area (Å²) in [5.41, 5.74) is 0.0613. The number of nitrogens with zero attached hydrogens (tertiary/aromatic N) is 2. The zero-order chi connectivity index (χ0) is 16.2. The Morgan fingerprint density at radius 1 is 1.26 bits per heavy atom. The smallest absolute Gasteiger partial charge is 0.270 e. The van der Waals surface area contributed by atoms with Crippen LogP contribution in [0.15, 0.2) is 17.1 Å². The van der Waals surface area contributed by atoms with Gasteiger partial charge in [0.2, 0.25) is 5.43 Å². The number of hydrogen-bond donors (Lipinski definition) is 1. The number of ether oxygens (including phenoxy) is 1. The number of amides is 1. The maximum absolute atomic E-state index is 12.5. The SMILES string of the molecule is COc1c[nH]c(C(=O)N2CCN(C3CCSCC3)CC2)cc1=O. The zero-order valence-electron chi connectivity index (χ0n) is 13.4. The lowest BCUT2D eigenvalue weighted by Gasteiger charge is -2.40. The highest BCUT2D eigenvalue weighted by molar-refractivity contribution is 7.99. The molecule has 3 heterocycles. The first-order valence-corrected chi connectivity index (χ1v) is 9.22. The van der Waals surface area contributed by atoms with E-state index < -0.39 is 0 Å². The largest absolute Gasteiger partial charge is 0.491 e. The van der Waals surface area contributed by atoms with Gasteiger partial charge in [-0.25, -0.2) is 0 Å². The first-order valence-electron chi connectivity index (χ1n) is 8.07. The molecule has 0 radical (unpaired) electrons. The van der Waals surface area contributed by atoms with Crippen molar-refractivity contribution in [1.29, 1.82) is 0 Å². The molecule has 2 fully saturated rings. The zero-order valence-corrected chi connectivity index (χ0v) is 14.2. The summed E-state index contributed by atoms with van der Waals surface area (Å²) in [6.07, 6.45) is 3.96. The van der Waals surface area contributed by atoms with Crippen LogP contribution in [0.1, 0.15) is 23.3 Å². The maximum atomic E-state index is 12.5. The predicted octanol–water partition coefficient (Wildman–Crippen LogP) is 1.04. The highest BCUT2D eigenvalue weighted by atomic mass is 32.2.